The second-order valence-electron chi connectivity index (χ2n) is 7.88. The number of carbonyl (C=O) groups excluding carboxylic acids is 1. The van der Waals surface area contributed by atoms with Crippen molar-refractivity contribution in [1.82, 2.24) is 0 Å². The molecular formula is C19H28N2O2. The Bertz CT molecular complexity index is 592. The first kappa shape index (κ1) is 16.2. The Hall–Kier alpha value is -1.71. The highest BCUT2D eigenvalue weighted by molar-refractivity contribution is 5.91. The van der Waals surface area contributed by atoms with Gasteiger partial charge in [0, 0.05) is 18.3 Å². The molecule has 2 aliphatic rings. The Morgan fingerprint density at radius 1 is 1.30 bits per heavy atom. The van der Waals surface area contributed by atoms with Crippen LogP contribution in [0.2, 0.25) is 0 Å². The summed E-state index contributed by atoms with van der Waals surface area (Å²) in [6, 6.07) is 6.92. The van der Waals surface area contributed by atoms with Crippen LogP contribution in [0.15, 0.2) is 18.2 Å². The Kier molecular flexibility index (Phi) is 4.26. The minimum absolute atomic E-state index is 0.249. The molecule has 0 saturated heterocycles. The summed E-state index contributed by atoms with van der Waals surface area (Å²) in [6.45, 7) is 8.73. The molecule has 126 valence electrons. The average Bonchev–Trinajstić information content (AvgIpc) is 3.03. The predicted octanol–water partition coefficient (Wildman–Crippen LogP) is 4.58. The van der Waals surface area contributed by atoms with Gasteiger partial charge in [0.05, 0.1) is 5.69 Å². The summed E-state index contributed by atoms with van der Waals surface area (Å²) in [6.07, 6.45) is 4.53. The molecule has 0 spiro atoms. The number of carbonyl (C=O) groups is 1. The molecule has 2 atom stereocenters. The first-order valence-electron chi connectivity index (χ1n) is 8.73. The number of hydrogen-bond acceptors (Lipinski definition) is 3. The number of amides is 1. The van der Waals surface area contributed by atoms with E-state index in [-0.39, 0.29) is 6.09 Å². The number of nitrogens with one attached hydrogen (secondary N) is 1. The van der Waals surface area contributed by atoms with Crippen molar-refractivity contribution in [2.24, 2.45) is 5.92 Å². The Balaban J connectivity index is 1.71. The largest absolute Gasteiger partial charge is 0.443 e. The lowest BCUT2D eigenvalue weighted by Crippen LogP contribution is -2.35. The van der Waals surface area contributed by atoms with Gasteiger partial charge in [0.2, 0.25) is 0 Å². The zero-order valence-corrected chi connectivity index (χ0v) is 14.7. The van der Waals surface area contributed by atoms with Crippen molar-refractivity contribution in [3.8, 4) is 0 Å². The zero-order chi connectivity index (χ0) is 16.6. The van der Waals surface area contributed by atoms with Gasteiger partial charge in [-0.3, -0.25) is 4.90 Å². The molecule has 1 aliphatic carbocycles. The molecule has 1 aromatic rings. The first-order chi connectivity index (χ1) is 10.8. The zero-order valence-electron chi connectivity index (χ0n) is 14.7. The van der Waals surface area contributed by atoms with E-state index in [9.17, 15) is 4.79 Å². The van der Waals surface area contributed by atoms with Gasteiger partial charge in [0.1, 0.15) is 5.60 Å². The molecule has 1 aliphatic heterocycles. The van der Waals surface area contributed by atoms with E-state index in [1.54, 1.807) is 4.90 Å². The predicted molar refractivity (Wildman–Crippen MR) is 94.2 cm³/mol. The second-order valence-corrected chi connectivity index (χ2v) is 7.88. The van der Waals surface area contributed by atoms with Crippen molar-refractivity contribution < 1.29 is 9.53 Å². The number of anilines is 2. The van der Waals surface area contributed by atoms with E-state index in [1.165, 1.54) is 30.5 Å². The number of ether oxygens (including phenoxy) is 1. The lowest BCUT2D eigenvalue weighted by molar-refractivity contribution is 0.0584. The Morgan fingerprint density at radius 3 is 2.74 bits per heavy atom. The van der Waals surface area contributed by atoms with E-state index in [1.807, 2.05) is 26.8 Å². The van der Waals surface area contributed by atoms with Crippen LogP contribution in [0.4, 0.5) is 16.2 Å². The van der Waals surface area contributed by atoms with Gasteiger partial charge in [-0.2, -0.15) is 0 Å². The van der Waals surface area contributed by atoms with Crippen LogP contribution in [0.1, 0.15) is 52.5 Å². The molecule has 0 aromatic heterocycles. The van der Waals surface area contributed by atoms with E-state index >= 15 is 0 Å². The minimum atomic E-state index is -0.458. The highest BCUT2D eigenvalue weighted by Crippen LogP contribution is 2.33. The van der Waals surface area contributed by atoms with Crippen LogP contribution in [-0.4, -0.2) is 24.3 Å². The number of nitrogens with zero attached hydrogens (tertiary/aromatic N) is 1. The third-order valence-corrected chi connectivity index (χ3v) is 4.80. The molecule has 1 amide bonds. The summed E-state index contributed by atoms with van der Waals surface area (Å²) in [7, 11) is 0. The van der Waals surface area contributed by atoms with Gasteiger partial charge >= 0.3 is 6.09 Å². The lowest BCUT2D eigenvalue weighted by atomic mass is 10.1. The molecule has 1 heterocycles. The summed E-state index contributed by atoms with van der Waals surface area (Å²) < 4.78 is 5.50. The molecule has 4 heteroatoms. The molecule has 23 heavy (non-hydrogen) atoms. The number of fused-ring (bicyclic) bond motifs is 1. The molecule has 0 bridgehead atoms. The monoisotopic (exact) mass is 316 g/mol. The van der Waals surface area contributed by atoms with Crippen molar-refractivity contribution in [3.63, 3.8) is 0 Å². The third-order valence-electron chi connectivity index (χ3n) is 4.80. The lowest BCUT2D eigenvalue weighted by Gasteiger charge is -2.25. The van der Waals surface area contributed by atoms with Gasteiger partial charge in [-0.05, 0) is 69.7 Å². The average molecular weight is 316 g/mol. The first-order valence-corrected chi connectivity index (χ1v) is 8.73. The van der Waals surface area contributed by atoms with Crippen molar-refractivity contribution in [1.29, 1.82) is 0 Å². The van der Waals surface area contributed by atoms with Crippen molar-refractivity contribution in [3.05, 3.63) is 23.8 Å². The maximum absolute atomic E-state index is 12.3. The summed E-state index contributed by atoms with van der Waals surface area (Å²) in [5.41, 5.74) is 2.93. The fraction of sp³-hybridized carbons (Fsp3) is 0.632. The van der Waals surface area contributed by atoms with E-state index in [4.69, 9.17) is 4.74 Å². The topological polar surface area (TPSA) is 41.6 Å². The third kappa shape index (κ3) is 3.62. The van der Waals surface area contributed by atoms with Gasteiger partial charge in [0.15, 0.2) is 0 Å². The fourth-order valence-electron chi connectivity index (χ4n) is 3.57. The number of rotatable bonds is 2. The standard InChI is InChI=1S/C19H28N2O2/c1-13-6-5-7-16(13)20-15-8-9-17-14(12-15)10-11-21(17)18(22)23-19(2,3)4/h8-9,12-13,16,20H,5-7,10-11H2,1-4H3. The van der Waals surface area contributed by atoms with Gasteiger partial charge in [-0.1, -0.05) is 13.3 Å². The smallest absolute Gasteiger partial charge is 0.414 e. The quantitative estimate of drug-likeness (QED) is 0.868. The van der Waals surface area contributed by atoms with Crippen LogP contribution in [0.3, 0.4) is 0 Å². The summed E-state index contributed by atoms with van der Waals surface area (Å²) in [5.74, 6) is 0.738. The molecule has 1 N–H and O–H groups in total. The normalized spacial score (nSPS) is 23.7. The summed E-state index contributed by atoms with van der Waals surface area (Å²) in [5, 5.41) is 3.67. The van der Waals surface area contributed by atoms with Gasteiger partial charge < -0.3 is 10.1 Å². The molecule has 3 rings (SSSR count). The van der Waals surface area contributed by atoms with E-state index < -0.39 is 5.60 Å². The molecule has 2 unspecified atom stereocenters. The van der Waals surface area contributed by atoms with E-state index in [0.717, 1.165) is 18.0 Å². The molecule has 1 aromatic carbocycles. The van der Waals surface area contributed by atoms with E-state index in [2.05, 4.69) is 24.4 Å². The molecule has 1 saturated carbocycles. The second kappa shape index (κ2) is 6.06. The van der Waals surface area contributed by atoms with Crippen LogP contribution >= 0.6 is 0 Å². The molecule has 4 nitrogen and oxygen atoms in total. The van der Waals surface area contributed by atoms with E-state index in [0.29, 0.717) is 12.6 Å². The minimum Gasteiger partial charge on any atom is -0.443 e. The summed E-state index contributed by atoms with van der Waals surface area (Å²) >= 11 is 0. The number of benzene rings is 1. The fourth-order valence-corrected chi connectivity index (χ4v) is 3.57. The van der Waals surface area contributed by atoms with Crippen LogP contribution in [0.5, 0.6) is 0 Å². The number of hydrogen-bond donors (Lipinski definition) is 1. The van der Waals surface area contributed by atoms with Crippen LogP contribution in [-0.2, 0) is 11.2 Å². The van der Waals surface area contributed by atoms with Gasteiger partial charge in [-0.25, -0.2) is 4.79 Å². The van der Waals surface area contributed by atoms with Crippen LogP contribution in [0, 0.1) is 5.92 Å². The SMILES string of the molecule is CC1CCCC1Nc1ccc2c(c1)CCN2C(=O)OC(C)(C)C. The Labute approximate surface area is 139 Å². The summed E-state index contributed by atoms with van der Waals surface area (Å²) in [4.78, 5) is 14.1. The Morgan fingerprint density at radius 2 is 2.09 bits per heavy atom. The molecular weight excluding hydrogens is 288 g/mol. The highest BCUT2D eigenvalue weighted by Gasteiger charge is 2.29. The van der Waals surface area contributed by atoms with Gasteiger partial charge in [-0.15, -0.1) is 0 Å². The van der Waals surface area contributed by atoms with Gasteiger partial charge in [0.25, 0.3) is 0 Å². The molecule has 0 radical (unpaired) electrons. The van der Waals surface area contributed by atoms with Crippen molar-refractivity contribution in [2.75, 3.05) is 16.8 Å². The van der Waals surface area contributed by atoms with Crippen molar-refractivity contribution >= 4 is 17.5 Å². The maximum Gasteiger partial charge on any atom is 0.414 e. The highest BCUT2D eigenvalue weighted by atomic mass is 16.6. The maximum atomic E-state index is 12.3. The van der Waals surface area contributed by atoms with Crippen LogP contribution in [0.25, 0.3) is 0 Å². The van der Waals surface area contributed by atoms with Crippen LogP contribution < -0.4 is 10.2 Å². The van der Waals surface area contributed by atoms with Crippen molar-refractivity contribution in [2.45, 2.75) is 65.0 Å². The molecule has 1 fully saturated rings.